The van der Waals surface area contributed by atoms with Gasteiger partial charge in [-0.3, -0.25) is 9.59 Å². The summed E-state index contributed by atoms with van der Waals surface area (Å²) in [5, 5.41) is 8.76. The van der Waals surface area contributed by atoms with Crippen molar-refractivity contribution < 1.29 is 14.7 Å². The van der Waals surface area contributed by atoms with Crippen LogP contribution in [0.2, 0.25) is 0 Å². The summed E-state index contributed by atoms with van der Waals surface area (Å²) < 4.78 is 0. The molecular formula is C10H16O3. The van der Waals surface area contributed by atoms with Crippen LogP contribution in [-0.4, -0.2) is 16.9 Å². The number of carbonyl (C=O) groups excluding carboxylic acids is 1. The summed E-state index contributed by atoms with van der Waals surface area (Å²) in [4.78, 5) is 21.9. The molecule has 0 unspecified atom stereocenters. The molecule has 0 atom stereocenters. The second kappa shape index (κ2) is 3.48. The largest absolute Gasteiger partial charge is 0.481 e. The SMILES string of the molecule is CC(=O)[C@]1(C)CC[C@@H](C(=O)O)CC1. The average Bonchev–Trinajstić information content (AvgIpc) is 2.04. The number of carboxylic acids is 1. The maximum Gasteiger partial charge on any atom is 0.306 e. The Labute approximate surface area is 78.1 Å². The lowest BCUT2D eigenvalue weighted by molar-refractivity contribution is -0.145. The lowest BCUT2D eigenvalue weighted by Gasteiger charge is -2.33. The van der Waals surface area contributed by atoms with E-state index in [1.807, 2.05) is 6.92 Å². The van der Waals surface area contributed by atoms with Crippen molar-refractivity contribution in [2.45, 2.75) is 39.5 Å². The van der Waals surface area contributed by atoms with Gasteiger partial charge in [-0.1, -0.05) is 6.92 Å². The first-order chi connectivity index (χ1) is 5.96. The maximum atomic E-state index is 11.2. The minimum atomic E-state index is -0.717. The van der Waals surface area contributed by atoms with Crippen LogP contribution in [0.3, 0.4) is 0 Å². The third-order valence-corrected chi connectivity index (χ3v) is 3.29. The van der Waals surface area contributed by atoms with Crippen molar-refractivity contribution in [2.75, 3.05) is 0 Å². The lowest BCUT2D eigenvalue weighted by atomic mass is 9.70. The van der Waals surface area contributed by atoms with E-state index >= 15 is 0 Å². The molecule has 0 spiro atoms. The number of rotatable bonds is 2. The lowest BCUT2D eigenvalue weighted by Crippen LogP contribution is -2.33. The van der Waals surface area contributed by atoms with Crippen LogP contribution < -0.4 is 0 Å². The number of aliphatic carboxylic acids is 1. The van der Waals surface area contributed by atoms with Crippen LogP contribution in [0.1, 0.15) is 39.5 Å². The molecule has 0 aromatic rings. The first kappa shape index (κ1) is 10.2. The molecule has 0 heterocycles. The zero-order valence-corrected chi connectivity index (χ0v) is 8.17. The number of carboxylic acid groups (broad SMARTS) is 1. The fraction of sp³-hybridized carbons (Fsp3) is 0.800. The van der Waals surface area contributed by atoms with Gasteiger partial charge in [0.2, 0.25) is 0 Å². The van der Waals surface area contributed by atoms with Gasteiger partial charge in [-0.05, 0) is 32.6 Å². The third kappa shape index (κ3) is 2.08. The molecule has 1 rings (SSSR count). The summed E-state index contributed by atoms with van der Waals surface area (Å²) in [6.07, 6.45) is 2.73. The Morgan fingerprint density at radius 3 is 2.08 bits per heavy atom. The smallest absolute Gasteiger partial charge is 0.306 e. The van der Waals surface area contributed by atoms with Crippen molar-refractivity contribution in [3.8, 4) is 0 Å². The molecule has 0 aliphatic heterocycles. The van der Waals surface area contributed by atoms with Crippen molar-refractivity contribution >= 4 is 11.8 Å². The highest BCUT2D eigenvalue weighted by Crippen LogP contribution is 2.39. The molecule has 3 heteroatoms. The van der Waals surface area contributed by atoms with Crippen molar-refractivity contribution in [1.29, 1.82) is 0 Å². The Kier molecular flexibility index (Phi) is 2.74. The van der Waals surface area contributed by atoms with Crippen LogP contribution in [0.25, 0.3) is 0 Å². The van der Waals surface area contributed by atoms with Gasteiger partial charge >= 0.3 is 5.97 Å². The molecule has 0 amide bonds. The van der Waals surface area contributed by atoms with Gasteiger partial charge in [-0.25, -0.2) is 0 Å². The van der Waals surface area contributed by atoms with Crippen LogP contribution >= 0.6 is 0 Å². The van der Waals surface area contributed by atoms with Crippen LogP contribution in [0, 0.1) is 11.3 Å². The summed E-state index contributed by atoms with van der Waals surface area (Å²) in [7, 11) is 0. The van der Waals surface area contributed by atoms with Gasteiger partial charge in [0.25, 0.3) is 0 Å². The topological polar surface area (TPSA) is 54.4 Å². The van der Waals surface area contributed by atoms with Crippen molar-refractivity contribution in [3.05, 3.63) is 0 Å². The minimum Gasteiger partial charge on any atom is -0.481 e. The van der Waals surface area contributed by atoms with E-state index in [9.17, 15) is 9.59 Å². The first-order valence-corrected chi connectivity index (χ1v) is 4.69. The van der Waals surface area contributed by atoms with Gasteiger partial charge in [0.05, 0.1) is 5.92 Å². The van der Waals surface area contributed by atoms with E-state index in [0.717, 1.165) is 12.8 Å². The number of carbonyl (C=O) groups is 2. The van der Waals surface area contributed by atoms with Crippen molar-refractivity contribution in [2.24, 2.45) is 11.3 Å². The molecule has 1 aliphatic carbocycles. The zero-order chi connectivity index (χ0) is 10.1. The van der Waals surface area contributed by atoms with Gasteiger partial charge in [-0.2, -0.15) is 0 Å². The Hall–Kier alpha value is -0.860. The zero-order valence-electron chi connectivity index (χ0n) is 8.17. The first-order valence-electron chi connectivity index (χ1n) is 4.69. The van der Waals surface area contributed by atoms with E-state index in [-0.39, 0.29) is 17.1 Å². The predicted molar refractivity (Wildman–Crippen MR) is 48.4 cm³/mol. The molecule has 0 radical (unpaired) electrons. The Morgan fingerprint density at radius 1 is 1.31 bits per heavy atom. The van der Waals surface area contributed by atoms with Gasteiger partial charge in [-0.15, -0.1) is 0 Å². The summed E-state index contributed by atoms with van der Waals surface area (Å²) in [5.74, 6) is -0.755. The normalized spacial score (nSPS) is 34.2. The molecule has 0 aromatic carbocycles. The highest BCUT2D eigenvalue weighted by Gasteiger charge is 2.36. The summed E-state index contributed by atoms with van der Waals surface area (Å²) in [6.45, 7) is 3.54. The van der Waals surface area contributed by atoms with E-state index in [0.29, 0.717) is 12.8 Å². The summed E-state index contributed by atoms with van der Waals surface area (Å²) >= 11 is 0. The molecular weight excluding hydrogens is 168 g/mol. The van der Waals surface area contributed by atoms with Crippen molar-refractivity contribution in [3.63, 3.8) is 0 Å². The molecule has 0 aromatic heterocycles. The monoisotopic (exact) mass is 184 g/mol. The molecule has 0 saturated heterocycles. The fourth-order valence-corrected chi connectivity index (χ4v) is 1.85. The van der Waals surface area contributed by atoms with E-state index in [2.05, 4.69) is 0 Å². The van der Waals surface area contributed by atoms with Crippen LogP contribution in [0.5, 0.6) is 0 Å². The number of ketones is 1. The van der Waals surface area contributed by atoms with Crippen LogP contribution in [0.4, 0.5) is 0 Å². The molecule has 1 saturated carbocycles. The molecule has 1 fully saturated rings. The average molecular weight is 184 g/mol. The molecule has 1 N–H and O–H groups in total. The van der Waals surface area contributed by atoms with Gasteiger partial charge in [0, 0.05) is 5.41 Å². The van der Waals surface area contributed by atoms with Gasteiger partial charge < -0.3 is 5.11 Å². The van der Waals surface area contributed by atoms with Crippen LogP contribution in [-0.2, 0) is 9.59 Å². The molecule has 74 valence electrons. The van der Waals surface area contributed by atoms with E-state index in [1.54, 1.807) is 6.92 Å². The number of hydrogen-bond acceptors (Lipinski definition) is 2. The quantitative estimate of drug-likeness (QED) is 0.712. The van der Waals surface area contributed by atoms with Crippen LogP contribution in [0.15, 0.2) is 0 Å². The second-order valence-corrected chi connectivity index (χ2v) is 4.23. The van der Waals surface area contributed by atoms with Gasteiger partial charge in [0.15, 0.2) is 0 Å². The fourth-order valence-electron chi connectivity index (χ4n) is 1.85. The van der Waals surface area contributed by atoms with E-state index < -0.39 is 5.97 Å². The summed E-state index contributed by atoms with van der Waals surface area (Å²) in [6, 6.07) is 0. The van der Waals surface area contributed by atoms with E-state index in [4.69, 9.17) is 5.11 Å². The molecule has 13 heavy (non-hydrogen) atoms. The third-order valence-electron chi connectivity index (χ3n) is 3.29. The molecule has 3 nitrogen and oxygen atoms in total. The standard InChI is InChI=1S/C10H16O3/c1-7(11)10(2)5-3-8(4-6-10)9(12)13/h8H,3-6H2,1-2H3,(H,12,13)/t8-,10-. The predicted octanol–water partition coefficient (Wildman–Crippen LogP) is 1.86. The van der Waals surface area contributed by atoms with Gasteiger partial charge in [0.1, 0.15) is 5.78 Å². The van der Waals surface area contributed by atoms with Crippen molar-refractivity contribution in [1.82, 2.24) is 0 Å². The highest BCUT2D eigenvalue weighted by molar-refractivity contribution is 5.82. The number of Topliss-reactive ketones (excluding diaryl/α,β-unsaturated/α-hetero) is 1. The number of hydrogen-bond donors (Lipinski definition) is 1. The highest BCUT2D eigenvalue weighted by atomic mass is 16.4. The Balaban J connectivity index is 2.56. The second-order valence-electron chi connectivity index (χ2n) is 4.23. The van der Waals surface area contributed by atoms with E-state index in [1.165, 1.54) is 0 Å². The maximum absolute atomic E-state index is 11.2. The molecule has 0 bridgehead atoms. The Morgan fingerprint density at radius 2 is 1.77 bits per heavy atom. The summed E-state index contributed by atoms with van der Waals surface area (Å²) in [5.41, 5.74) is -0.258. The molecule has 1 aliphatic rings. The Bertz CT molecular complexity index is 224. The minimum absolute atomic E-state index is 0.191.